The van der Waals surface area contributed by atoms with Crippen molar-refractivity contribution in [3.8, 4) is 0 Å². The molecule has 2 rings (SSSR count). The highest BCUT2D eigenvalue weighted by atomic mass is 35.5. The number of hydrogen-bond acceptors (Lipinski definition) is 2. The summed E-state index contributed by atoms with van der Waals surface area (Å²) >= 11 is 6.11. The first-order valence-corrected chi connectivity index (χ1v) is 5.98. The molecule has 18 heavy (non-hydrogen) atoms. The normalized spacial score (nSPS) is 10.4. The Hall–Kier alpha value is -1.58. The van der Waals surface area contributed by atoms with E-state index in [0.29, 0.717) is 11.6 Å². The number of halogens is 2. The summed E-state index contributed by atoms with van der Waals surface area (Å²) in [4.78, 5) is 1.87. The Bertz CT molecular complexity index is 557. The Labute approximate surface area is 111 Å². The van der Waals surface area contributed by atoms with Crippen molar-refractivity contribution in [1.29, 1.82) is 0 Å². The van der Waals surface area contributed by atoms with Crippen molar-refractivity contribution in [3.05, 3.63) is 58.9 Å². The van der Waals surface area contributed by atoms with Gasteiger partial charge in [0.2, 0.25) is 0 Å². The molecule has 0 radical (unpaired) electrons. The molecule has 0 aromatic heterocycles. The molecule has 4 heteroatoms. The van der Waals surface area contributed by atoms with E-state index in [1.807, 2.05) is 30.1 Å². The molecule has 0 saturated heterocycles. The minimum absolute atomic E-state index is 0.268. The number of nitrogens with two attached hydrogens (primary N) is 1. The van der Waals surface area contributed by atoms with E-state index in [1.54, 1.807) is 12.1 Å². The van der Waals surface area contributed by atoms with Crippen LogP contribution in [0.1, 0.15) is 5.56 Å². The lowest BCUT2D eigenvalue weighted by Gasteiger charge is -2.23. The van der Waals surface area contributed by atoms with E-state index in [9.17, 15) is 4.39 Å². The molecule has 0 saturated carbocycles. The molecule has 0 unspecified atom stereocenters. The lowest BCUT2D eigenvalue weighted by Crippen LogP contribution is -2.13. The van der Waals surface area contributed by atoms with Crippen molar-refractivity contribution in [2.45, 2.75) is 6.54 Å². The fourth-order valence-corrected chi connectivity index (χ4v) is 2.13. The molecular formula is C14H14ClFN2. The van der Waals surface area contributed by atoms with Crippen LogP contribution in [-0.2, 0) is 6.54 Å². The molecule has 0 bridgehead atoms. The zero-order valence-electron chi connectivity index (χ0n) is 10.0. The predicted octanol–water partition coefficient (Wildman–Crippen LogP) is 3.71. The minimum Gasteiger partial charge on any atom is -0.344 e. The number of rotatable bonds is 3. The average Bonchev–Trinajstić information content (AvgIpc) is 2.37. The Balaban J connectivity index is 2.46. The van der Waals surface area contributed by atoms with Crippen LogP contribution in [0.15, 0.2) is 42.5 Å². The van der Waals surface area contributed by atoms with Gasteiger partial charge in [-0.05, 0) is 30.3 Å². The van der Waals surface area contributed by atoms with E-state index in [2.05, 4.69) is 0 Å². The van der Waals surface area contributed by atoms with E-state index < -0.39 is 0 Å². The summed E-state index contributed by atoms with van der Waals surface area (Å²) in [5.74, 6) is -0.268. The first kappa shape index (κ1) is 12.9. The molecule has 0 atom stereocenters. The van der Waals surface area contributed by atoms with Gasteiger partial charge in [-0.1, -0.05) is 23.7 Å². The van der Waals surface area contributed by atoms with Crippen LogP contribution in [0, 0.1) is 5.82 Å². The van der Waals surface area contributed by atoms with Gasteiger partial charge in [0.05, 0.1) is 0 Å². The molecule has 0 amide bonds. The Kier molecular flexibility index (Phi) is 3.84. The Morgan fingerprint density at radius 2 is 1.94 bits per heavy atom. The number of hydrogen-bond donors (Lipinski definition) is 1. The van der Waals surface area contributed by atoms with Crippen LogP contribution in [-0.4, -0.2) is 7.05 Å². The van der Waals surface area contributed by atoms with Crippen molar-refractivity contribution < 1.29 is 4.39 Å². The molecule has 94 valence electrons. The third-order valence-corrected chi connectivity index (χ3v) is 3.21. The van der Waals surface area contributed by atoms with E-state index in [4.69, 9.17) is 17.3 Å². The van der Waals surface area contributed by atoms with Gasteiger partial charge in [0.1, 0.15) is 5.82 Å². The van der Waals surface area contributed by atoms with Gasteiger partial charge >= 0.3 is 0 Å². The maximum atomic E-state index is 13.2. The summed E-state index contributed by atoms with van der Waals surface area (Å²) in [7, 11) is 1.86. The maximum absolute atomic E-state index is 13.2. The van der Waals surface area contributed by atoms with Crippen molar-refractivity contribution >= 4 is 23.0 Å². The van der Waals surface area contributed by atoms with Gasteiger partial charge in [0.15, 0.2) is 0 Å². The van der Waals surface area contributed by atoms with Gasteiger partial charge in [0.25, 0.3) is 0 Å². The highest BCUT2D eigenvalue weighted by Crippen LogP contribution is 2.31. The third-order valence-electron chi connectivity index (χ3n) is 2.86. The first-order chi connectivity index (χ1) is 8.63. The summed E-state index contributed by atoms with van der Waals surface area (Å²) in [5.41, 5.74) is 8.21. The molecule has 2 aromatic rings. The lowest BCUT2D eigenvalue weighted by atomic mass is 10.1. The first-order valence-electron chi connectivity index (χ1n) is 5.60. The van der Waals surface area contributed by atoms with Crippen LogP contribution >= 0.6 is 11.6 Å². The number of benzene rings is 2. The second kappa shape index (κ2) is 5.38. The predicted molar refractivity (Wildman–Crippen MR) is 73.8 cm³/mol. The molecule has 0 spiro atoms. The van der Waals surface area contributed by atoms with Gasteiger partial charge in [-0.15, -0.1) is 0 Å². The van der Waals surface area contributed by atoms with E-state index in [-0.39, 0.29) is 5.82 Å². The smallest absolute Gasteiger partial charge is 0.125 e. The Morgan fingerprint density at radius 1 is 1.22 bits per heavy atom. The molecule has 0 aliphatic carbocycles. The standard InChI is InChI=1S/C14H14ClFN2/c1-18(11-5-2-4-10(16)8-11)14-7-3-6-13(15)12(14)9-17/h2-8H,9,17H2,1H3. The Morgan fingerprint density at radius 3 is 2.61 bits per heavy atom. The monoisotopic (exact) mass is 264 g/mol. The number of nitrogens with zero attached hydrogens (tertiary/aromatic N) is 1. The third kappa shape index (κ3) is 2.47. The van der Waals surface area contributed by atoms with Crippen LogP contribution < -0.4 is 10.6 Å². The highest BCUT2D eigenvalue weighted by Gasteiger charge is 2.11. The van der Waals surface area contributed by atoms with Crippen molar-refractivity contribution in [1.82, 2.24) is 0 Å². The second-order valence-corrected chi connectivity index (χ2v) is 4.39. The zero-order chi connectivity index (χ0) is 13.1. The minimum atomic E-state index is -0.268. The van der Waals surface area contributed by atoms with Crippen LogP contribution in [0.4, 0.5) is 15.8 Å². The van der Waals surface area contributed by atoms with Gasteiger partial charge in [-0.2, -0.15) is 0 Å². The lowest BCUT2D eigenvalue weighted by molar-refractivity contribution is 0.628. The van der Waals surface area contributed by atoms with Crippen LogP contribution in [0.3, 0.4) is 0 Å². The summed E-state index contributed by atoms with van der Waals surface area (Å²) < 4.78 is 13.2. The topological polar surface area (TPSA) is 29.3 Å². The fourth-order valence-electron chi connectivity index (χ4n) is 1.89. The molecule has 0 heterocycles. The second-order valence-electron chi connectivity index (χ2n) is 3.98. The molecule has 0 fully saturated rings. The summed E-state index contributed by atoms with van der Waals surface area (Å²) in [5, 5.41) is 0.623. The fraction of sp³-hybridized carbons (Fsp3) is 0.143. The van der Waals surface area contributed by atoms with Gasteiger partial charge in [-0.3, -0.25) is 0 Å². The van der Waals surface area contributed by atoms with Crippen LogP contribution in [0.5, 0.6) is 0 Å². The largest absolute Gasteiger partial charge is 0.344 e. The molecule has 0 aliphatic rings. The molecule has 2 nitrogen and oxygen atoms in total. The summed E-state index contributed by atoms with van der Waals surface area (Å²) in [6.45, 7) is 0.342. The van der Waals surface area contributed by atoms with Crippen molar-refractivity contribution in [3.63, 3.8) is 0 Å². The van der Waals surface area contributed by atoms with E-state index in [0.717, 1.165) is 16.9 Å². The molecular weight excluding hydrogens is 251 g/mol. The SMILES string of the molecule is CN(c1cccc(F)c1)c1cccc(Cl)c1CN. The van der Waals surface area contributed by atoms with Gasteiger partial charge < -0.3 is 10.6 Å². The van der Waals surface area contributed by atoms with Gasteiger partial charge in [0, 0.05) is 35.6 Å². The van der Waals surface area contributed by atoms with Crippen LogP contribution in [0.2, 0.25) is 5.02 Å². The van der Waals surface area contributed by atoms with E-state index in [1.165, 1.54) is 12.1 Å². The summed E-state index contributed by atoms with van der Waals surface area (Å²) in [6.07, 6.45) is 0. The molecule has 2 N–H and O–H groups in total. The number of anilines is 2. The molecule has 0 aliphatic heterocycles. The van der Waals surface area contributed by atoms with Gasteiger partial charge in [-0.25, -0.2) is 4.39 Å². The highest BCUT2D eigenvalue weighted by molar-refractivity contribution is 6.31. The zero-order valence-corrected chi connectivity index (χ0v) is 10.8. The molecule has 2 aromatic carbocycles. The van der Waals surface area contributed by atoms with E-state index >= 15 is 0 Å². The average molecular weight is 265 g/mol. The maximum Gasteiger partial charge on any atom is 0.125 e. The quantitative estimate of drug-likeness (QED) is 0.916. The van der Waals surface area contributed by atoms with Crippen molar-refractivity contribution in [2.75, 3.05) is 11.9 Å². The van der Waals surface area contributed by atoms with Crippen LogP contribution in [0.25, 0.3) is 0 Å². The van der Waals surface area contributed by atoms with Crippen molar-refractivity contribution in [2.24, 2.45) is 5.73 Å². The summed E-state index contributed by atoms with van der Waals surface area (Å²) in [6, 6.07) is 12.0.